The van der Waals surface area contributed by atoms with Crippen molar-refractivity contribution >= 4 is 22.7 Å². The van der Waals surface area contributed by atoms with Crippen LogP contribution in [0.15, 0.2) is 53.7 Å². The molecule has 1 aromatic heterocycles. The van der Waals surface area contributed by atoms with Crippen molar-refractivity contribution in [1.82, 2.24) is 14.6 Å². The van der Waals surface area contributed by atoms with Gasteiger partial charge in [0.25, 0.3) is 0 Å². The molecule has 4 heteroatoms. The summed E-state index contributed by atoms with van der Waals surface area (Å²) >= 11 is 1.82. The van der Waals surface area contributed by atoms with Crippen LogP contribution in [0.3, 0.4) is 0 Å². The van der Waals surface area contributed by atoms with Crippen LogP contribution >= 0.6 is 11.9 Å². The van der Waals surface area contributed by atoms with E-state index in [4.69, 9.17) is 0 Å². The van der Waals surface area contributed by atoms with E-state index in [-0.39, 0.29) is 0 Å². The Labute approximate surface area is 117 Å². The maximum Gasteiger partial charge on any atom is 0.0346 e. The van der Waals surface area contributed by atoms with Crippen LogP contribution in [0.4, 0.5) is 0 Å². The van der Waals surface area contributed by atoms with Crippen molar-refractivity contribution in [2.75, 3.05) is 26.2 Å². The smallest absolute Gasteiger partial charge is 0.0346 e. The molecule has 0 amide bonds. The Hall–Kier alpha value is -1.36. The number of pyridine rings is 1. The predicted octanol–water partition coefficient (Wildman–Crippen LogP) is 2.70. The van der Waals surface area contributed by atoms with E-state index < -0.39 is 0 Å². The van der Waals surface area contributed by atoms with Crippen LogP contribution in [0.1, 0.15) is 0 Å². The minimum Gasteiger partial charge on any atom is -0.312 e. The second-order valence-electron chi connectivity index (χ2n) is 4.54. The molecule has 0 spiro atoms. The van der Waals surface area contributed by atoms with E-state index in [1.165, 1.54) is 15.7 Å². The molecule has 1 aliphatic rings. The molecule has 0 unspecified atom stereocenters. The molecule has 3 rings (SSSR count). The largest absolute Gasteiger partial charge is 0.312 e. The van der Waals surface area contributed by atoms with E-state index in [0.717, 1.165) is 26.2 Å². The number of hydrogen-bond donors (Lipinski definition) is 1. The number of nitrogens with zero attached hydrogens (tertiary/aromatic N) is 2. The first-order valence-electron chi connectivity index (χ1n) is 6.54. The van der Waals surface area contributed by atoms with Gasteiger partial charge in [0, 0.05) is 48.9 Å². The quantitative estimate of drug-likeness (QED) is 0.671. The highest BCUT2D eigenvalue weighted by Crippen LogP contribution is 2.26. The molecular formula is C15H17N3S. The van der Waals surface area contributed by atoms with Crippen LogP contribution in [-0.4, -0.2) is 35.5 Å². The van der Waals surface area contributed by atoms with Crippen molar-refractivity contribution in [3.8, 4) is 0 Å². The van der Waals surface area contributed by atoms with Gasteiger partial charge in [-0.05, 0) is 35.5 Å². The van der Waals surface area contributed by atoms with Crippen LogP contribution in [0.25, 0.3) is 10.8 Å². The molecule has 19 heavy (non-hydrogen) atoms. The minimum absolute atomic E-state index is 0.988. The topological polar surface area (TPSA) is 28.2 Å². The maximum absolute atomic E-state index is 4.15. The third kappa shape index (κ3) is 3.35. The zero-order valence-corrected chi connectivity index (χ0v) is 11.6. The van der Waals surface area contributed by atoms with Gasteiger partial charge in [-0.2, -0.15) is 0 Å². The van der Waals surface area contributed by atoms with Gasteiger partial charge in [-0.3, -0.25) is 4.98 Å². The Kier molecular flexibility index (Phi) is 4.13. The number of fused-ring (bicyclic) bond motifs is 1. The van der Waals surface area contributed by atoms with Crippen molar-refractivity contribution in [1.29, 1.82) is 0 Å². The number of hydrogen-bond acceptors (Lipinski definition) is 4. The summed E-state index contributed by atoms with van der Waals surface area (Å²) in [5.74, 6) is 0. The van der Waals surface area contributed by atoms with Crippen LogP contribution < -0.4 is 5.32 Å². The molecule has 2 aromatic rings. The highest BCUT2D eigenvalue weighted by molar-refractivity contribution is 7.97. The van der Waals surface area contributed by atoms with Gasteiger partial charge in [0.2, 0.25) is 0 Å². The molecular weight excluding hydrogens is 254 g/mol. The van der Waals surface area contributed by atoms with E-state index >= 15 is 0 Å². The maximum atomic E-state index is 4.15. The summed E-state index contributed by atoms with van der Waals surface area (Å²) in [7, 11) is 0. The minimum atomic E-state index is 0.988. The predicted molar refractivity (Wildman–Crippen MR) is 81.2 cm³/mol. The van der Waals surface area contributed by atoms with E-state index in [9.17, 15) is 0 Å². The molecule has 2 heterocycles. The summed E-state index contributed by atoms with van der Waals surface area (Å²) in [6.07, 6.45) is 8.18. The SMILES string of the molecule is C1=C\CN(Sc2ccc3cnccc3c2)CCNC/1. The van der Waals surface area contributed by atoms with Crippen LogP contribution in [-0.2, 0) is 0 Å². The van der Waals surface area contributed by atoms with Crippen LogP contribution in [0, 0.1) is 0 Å². The molecule has 0 saturated heterocycles. The second-order valence-corrected chi connectivity index (χ2v) is 5.71. The molecule has 1 N–H and O–H groups in total. The highest BCUT2D eigenvalue weighted by atomic mass is 32.2. The fourth-order valence-corrected chi connectivity index (χ4v) is 3.06. The van der Waals surface area contributed by atoms with E-state index in [1.807, 2.05) is 24.3 Å². The third-order valence-corrected chi connectivity index (χ3v) is 4.18. The van der Waals surface area contributed by atoms with Gasteiger partial charge in [-0.25, -0.2) is 4.31 Å². The summed E-state index contributed by atoms with van der Waals surface area (Å²) in [4.78, 5) is 5.43. The first kappa shape index (κ1) is 12.7. The lowest BCUT2D eigenvalue weighted by Crippen LogP contribution is -2.30. The lowest BCUT2D eigenvalue weighted by Gasteiger charge is -2.21. The van der Waals surface area contributed by atoms with Crippen LogP contribution in [0.5, 0.6) is 0 Å². The molecule has 0 fully saturated rings. The number of benzene rings is 1. The standard InChI is InChI=1S/C15H17N3S/c1-2-9-18(10-8-16-6-1)19-15-4-3-14-12-17-7-5-13(14)11-15/h1-5,7,11-12,16H,6,8-10H2/b2-1-. The summed E-state index contributed by atoms with van der Waals surface area (Å²) < 4.78 is 2.38. The van der Waals surface area contributed by atoms with Gasteiger partial charge < -0.3 is 5.32 Å². The fourth-order valence-electron chi connectivity index (χ4n) is 2.11. The van der Waals surface area contributed by atoms with Crippen molar-refractivity contribution in [2.24, 2.45) is 0 Å². The first-order chi connectivity index (χ1) is 9.42. The first-order valence-corrected chi connectivity index (χ1v) is 7.31. The molecule has 1 aromatic carbocycles. The second kappa shape index (κ2) is 6.19. The summed E-state index contributed by atoms with van der Waals surface area (Å²) in [5.41, 5.74) is 0. The number of rotatable bonds is 2. The van der Waals surface area contributed by atoms with E-state index in [1.54, 1.807) is 0 Å². The number of aromatic nitrogens is 1. The molecule has 1 aliphatic heterocycles. The summed E-state index contributed by atoms with van der Waals surface area (Å²) in [5, 5.41) is 5.83. The molecule has 0 bridgehead atoms. The van der Waals surface area contributed by atoms with Gasteiger partial charge in [0.15, 0.2) is 0 Å². The zero-order chi connectivity index (χ0) is 12.9. The normalized spacial score (nSPS) is 18.9. The Morgan fingerprint density at radius 1 is 1.16 bits per heavy atom. The van der Waals surface area contributed by atoms with E-state index in [0.29, 0.717) is 0 Å². The Morgan fingerprint density at radius 2 is 2.16 bits per heavy atom. The molecule has 0 aliphatic carbocycles. The number of nitrogens with one attached hydrogen (secondary N) is 1. The zero-order valence-electron chi connectivity index (χ0n) is 10.7. The van der Waals surface area contributed by atoms with Crippen molar-refractivity contribution in [3.63, 3.8) is 0 Å². The Balaban J connectivity index is 1.76. The lowest BCUT2D eigenvalue weighted by atomic mass is 10.2. The third-order valence-electron chi connectivity index (χ3n) is 3.12. The summed E-state index contributed by atoms with van der Waals surface area (Å²) in [6.45, 7) is 4.08. The molecule has 0 atom stereocenters. The van der Waals surface area contributed by atoms with Gasteiger partial charge in [0.05, 0.1) is 0 Å². The average molecular weight is 271 g/mol. The molecule has 0 radical (unpaired) electrons. The van der Waals surface area contributed by atoms with Gasteiger partial charge in [-0.1, -0.05) is 18.2 Å². The van der Waals surface area contributed by atoms with E-state index in [2.05, 4.69) is 51.0 Å². The Bertz CT molecular complexity index is 582. The van der Waals surface area contributed by atoms with Crippen molar-refractivity contribution < 1.29 is 0 Å². The van der Waals surface area contributed by atoms with Crippen LogP contribution in [0.2, 0.25) is 0 Å². The lowest BCUT2D eigenvalue weighted by molar-refractivity contribution is 0.494. The highest BCUT2D eigenvalue weighted by Gasteiger charge is 2.07. The van der Waals surface area contributed by atoms with Gasteiger partial charge in [-0.15, -0.1) is 0 Å². The molecule has 98 valence electrons. The summed E-state index contributed by atoms with van der Waals surface area (Å²) in [6, 6.07) is 8.61. The monoisotopic (exact) mass is 271 g/mol. The van der Waals surface area contributed by atoms with Crippen molar-refractivity contribution in [2.45, 2.75) is 4.90 Å². The molecule has 3 nitrogen and oxygen atoms in total. The fraction of sp³-hybridized carbons (Fsp3) is 0.267. The molecule has 0 saturated carbocycles. The Morgan fingerprint density at radius 3 is 3.16 bits per heavy atom. The van der Waals surface area contributed by atoms with Gasteiger partial charge >= 0.3 is 0 Å². The average Bonchev–Trinajstić information content (AvgIpc) is 2.41. The van der Waals surface area contributed by atoms with Gasteiger partial charge in [0.1, 0.15) is 0 Å². The van der Waals surface area contributed by atoms with Crippen molar-refractivity contribution in [3.05, 3.63) is 48.8 Å².